The average Bonchev–Trinajstić information content (AvgIpc) is 2.44. The van der Waals surface area contributed by atoms with Crippen LogP contribution in [0.1, 0.15) is 40.2 Å². The van der Waals surface area contributed by atoms with Gasteiger partial charge in [0.2, 0.25) is 0 Å². The number of halogens is 1. The van der Waals surface area contributed by atoms with Crippen LogP contribution in [0.5, 0.6) is 5.75 Å². The van der Waals surface area contributed by atoms with E-state index in [2.05, 4.69) is 54.0 Å². The number of ether oxygens (including phenoxy) is 1. The van der Waals surface area contributed by atoms with Crippen LogP contribution in [0.2, 0.25) is 0 Å². The Morgan fingerprint density at radius 1 is 1.14 bits per heavy atom. The molecule has 1 heterocycles. The van der Waals surface area contributed by atoms with Gasteiger partial charge in [-0.05, 0) is 43.5 Å². The molecule has 0 N–H and O–H groups in total. The molecule has 2 aromatic carbocycles. The lowest BCUT2D eigenvalue weighted by atomic mass is 9.83. The maximum Gasteiger partial charge on any atom is 0.312 e. The van der Waals surface area contributed by atoms with Crippen molar-refractivity contribution < 1.29 is 9.53 Å². The Bertz CT molecular complexity index is 717. The quantitative estimate of drug-likeness (QED) is 0.547. The highest BCUT2D eigenvalue weighted by atomic mass is 79.9. The van der Waals surface area contributed by atoms with Crippen molar-refractivity contribution in [2.75, 3.05) is 0 Å². The number of benzene rings is 2. The molecule has 1 aliphatic heterocycles. The van der Waals surface area contributed by atoms with Crippen molar-refractivity contribution in [1.29, 1.82) is 0 Å². The third kappa shape index (κ3) is 2.51. The van der Waals surface area contributed by atoms with Gasteiger partial charge in [0.1, 0.15) is 5.75 Å². The van der Waals surface area contributed by atoms with Crippen LogP contribution in [0.25, 0.3) is 0 Å². The van der Waals surface area contributed by atoms with E-state index in [9.17, 15) is 4.79 Å². The SMILES string of the molecule is Cc1ccc([C@H]2CC(=O)Oc3cc(C)c(Br)c(C)c32)cc1. The van der Waals surface area contributed by atoms with Crippen LogP contribution in [-0.4, -0.2) is 5.97 Å². The van der Waals surface area contributed by atoms with Gasteiger partial charge in [-0.15, -0.1) is 0 Å². The lowest BCUT2D eigenvalue weighted by Crippen LogP contribution is -2.22. The average molecular weight is 345 g/mol. The topological polar surface area (TPSA) is 26.3 Å². The predicted octanol–water partition coefficient (Wildman–Crippen LogP) is 4.82. The number of carbonyl (C=O) groups is 1. The summed E-state index contributed by atoms with van der Waals surface area (Å²) in [5.74, 6) is 0.614. The van der Waals surface area contributed by atoms with Crippen LogP contribution < -0.4 is 4.74 Å². The lowest BCUT2D eigenvalue weighted by molar-refractivity contribution is -0.135. The predicted molar refractivity (Wildman–Crippen MR) is 86.9 cm³/mol. The standard InChI is InChI=1S/C18H17BrO2/c1-10-4-6-13(7-5-10)14-9-16(20)21-15-8-11(2)18(19)12(3)17(14)15/h4-8,14H,9H2,1-3H3/t14-/m1/s1. The van der Waals surface area contributed by atoms with Crippen molar-refractivity contribution in [3.8, 4) is 5.75 Å². The summed E-state index contributed by atoms with van der Waals surface area (Å²) in [7, 11) is 0. The normalized spacial score (nSPS) is 17.3. The first-order chi connectivity index (χ1) is 9.97. The molecule has 0 aromatic heterocycles. The van der Waals surface area contributed by atoms with Gasteiger partial charge in [0, 0.05) is 16.0 Å². The van der Waals surface area contributed by atoms with Crippen LogP contribution >= 0.6 is 15.9 Å². The highest BCUT2D eigenvalue weighted by Crippen LogP contribution is 2.44. The van der Waals surface area contributed by atoms with Crippen LogP contribution in [0.3, 0.4) is 0 Å². The highest BCUT2D eigenvalue weighted by molar-refractivity contribution is 9.10. The van der Waals surface area contributed by atoms with E-state index in [0.717, 1.165) is 26.7 Å². The molecule has 21 heavy (non-hydrogen) atoms. The van der Waals surface area contributed by atoms with Gasteiger partial charge >= 0.3 is 5.97 Å². The molecule has 0 bridgehead atoms. The van der Waals surface area contributed by atoms with E-state index in [-0.39, 0.29) is 11.9 Å². The summed E-state index contributed by atoms with van der Waals surface area (Å²) in [4.78, 5) is 12.0. The van der Waals surface area contributed by atoms with Crippen LogP contribution in [0, 0.1) is 20.8 Å². The minimum Gasteiger partial charge on any atom is -0.426 e. The molecule has 0 saturated heterocycles. The molecule has 0 aliphatic carbocycles. The van der Waals surface area contributed by atoms with E-state index >= 15 is 0 Å². The maximum atomic E-state index is 12.0. The molecule has 0 saturated carbocycles. The fraction of sp³-hybridized carbons (Fsp3) is 0.278. The van der Waals surface area contributed by atoms with E-state index in [1.807, 2.05) is 13.0 Å². The number of fused-ring (bicyclic) bond motifs is 1. The molecular weight excluding hydrogens is 328 g/mol. The van der Waals surface area contributed by atoms with Crippen LogP contribution in [-0.2, 0) is 4.79 Å². The van der Waals surface area contributed by atoms with Gasteiger partial charge in [-0.3, -0.25) is 4.79 Å². The maximum absolute atomic E-state index is 12.0. The van der Waals surface area contributed by atoms with E-state index < -0.39 is 0 Å². The van der Waals surface area contributed by atoms with Crippen molar-refractivity contribution in [2.45, 2.75) is 33.1 Å². The Balaban J connectivity index is 2.19. The number of rotatable bonds is 1. The van der Waals surface area contributed by atoms with Gasteiger partial charge in [-0.1, -0.05) is 45.8 Å². The molecule has 2 nitrogen and oxygen atoms in total. The summed E-state index contributed by atoms with van der Waals surface area (Å²) in [6.07, 6.45) is 0.395. The Labute approximate surface area is 133 Å². The second kappa shape index (κ2) is 5.30. The Kier molecular flexibility index (Phi) is 3.62. The molecule has 1 aliphatic rings. The largest absolute Gasteiger partial charge is 0.426 e. The third-order valence-electron chi connectivity index (χ3n) is 4.12. The van der Waals surface area contributed by atoms with E-state index in [1.54, 1.807) is 0 Å². The van der Waals surface area contributed by atoms with Gasteiger partial charge in [0.25, 0.3) is 0 Å². The molecule has 2 aromatic rings. The van der Waals surface area contributed by atoms with Gasteiger partial charge in [-0.25, -0.2) is 0 Å². The smallest absolute Gasteiger partial charge is 0.312 e. The van der Waals surface area contributed by atoms with E-state index in [1.165, 1.54) is 5.56 Å². The summed E-state index contributed by atoms with van der Waals surface area (Å²) in [6.45, 7) is 6.16. The first kappa shape index (κ1) is 14.3. The molecule has 0 unspecified atom stereocenters. The summed E-state index contributed by atoms with van der Waals surface area (Å²) in [5, 5.41) is 0. The van der Waals surface area contributed by atoms with Crippen molar-refractivity contribution in [3.63, 3.8) is 0 Å². The molecule has 0 amide bonds. The van der Waals surface area contributed by atoms with Crippen molar-refractivity contribution in [1.82, 2.24) is 0 Å². The summed E-state index contributed by atoms with van der Waals surface area (Å²) in [5.41, 5.74) is 5.75. The molecule has 0 radical (unpaired) electrons. The minimum atomic E-state index is -0.158. The van der Waals surface area contributed by atoms with Gasteiger partial charge in [-0.2, -0.15) is 0 Å². The zero-order chi connectivity index (χ0) is 15.1. The number of aryl methyl sites for hydroxylation is 2. The van der Waals surface area contributed by atoms with Crippen molar-refractivity contribution in [2.24, 2.45) is 0 Å². The number of hydrogen-bond donors (Lipinski definition) is 0. The fourth-order valence-electron chi connectivity index (χ4n) is 2.97. The van der Waals surface area contributed by atoms with Gasteiger partial charge in [0.05, 0.1) is 6.42 Å². The summed E-state index contributed by atoms with van der Waals surface area (Å²) >= 11 is 3.64. The fourth-order valence-corrected chi connectivity index (χ4v) is 3.30. The third-order valence-corrected chi connectivity index (χ3v) is 5.34. The van der Waals surface area contributed by atoms with Crippen molar-refractivity contribution in [3.05, 3.63) is 62.6 Å². The second-order valence-corrected chi connectivity index (χ2v) is 6.48. The molecule has 1 atom stereocenters. The Morgan fingerprint density at radius 3 is 2.48 bits per heavy atom. The summed E-state index contributed by atoms with van der Waals surface area (Å²) < 4.78 is 6.56. The van der Waals surface area contributed by atoms with Crippen LogP contribution in [0.15, 0.2) is 34.8 Å². The highest BCUT2D eigenvalue weighted by Gasteiger charge is 2.31. The monoisotopic (exact) mass is 344 g/mol. The van der Waals surface area contributed by atoms with E-state index in [4.69, 9.17) is 4.74 Å². The molecule has 3 heteroatoms. The summed E-state index contributed by atoms with van der Waals surface area (Å²) in [6, 6.07) is 10.3. The zero-order valence-corrected chi connectivity index (χ0v) is 14.0. The van der Waals surface area contributed by atoms with Crippen LogP contribution in [0.4, 0.5) is 0 Å². The minimum absolute atomic E-state index is 0.0683. The molecule has 108 valence electrons. The number of hydrogen-bond acceptors (Lipinski definition) is 2. The van der Waals surface area contributed by atoms with Crippen molar-refractivity contribution >= 4 is 21.9 Å². The number of esters is 1. The van der Waals surface area contributed by atoms with Gasteiger partial charge < -0.3 is 4.74 Å². The molecule has 0 fully saturated rings. The molecule has 3 rings (SSSR count). The first-order valence-electron chi connectivity index (χ1n) is 7.04. The zero-order valence-electron chi connectivity index (χ0n) is 12.4. The Hall–Kier alpha value is -1.61. The lowest BCUT2D eigenvalue weighted by Gasteiger charge is -2.28. The second-order valence-electron chi connectivity index (χ2n) is 5.69. The Morgan fingerprint density at radius 2 is 1.81 bits per heavy atom. The first-order valence-corrected chi connectivity index (χ1v) is 7.83. The van der Waals surface area contributed by atoms with E-state index in [0.29, 0.717) is 12.2 Å². The number of carbonyl (C=O) groups excluding carboxylic acids is 1. The van der Waals surface area contributed by atoms with Gasteiger partial charge in [0.15, 0.2) is 0 Å². The molecule has 0 spiro atoms. The molecular formula is C18H17BrO2.